The van der Waals surface area contributed by atoms with Crippen molar-refractivity contribution in [2.24, 2.45) is 11.8 Å². The number of alkyl halides is 1. The van der Waals surface area contributed by atoms with Crippen molar-refractivity contribution >= 4 is 38.9 Å². The maximum absolute atomic E-state index is 6.41. The number of rotatable bonds is 2. The molecule has 1 heterocycles. The minimum absolute atomic E-state index is 0.384. The topological polar surface area (TPSA) is 0 Å². The summed E-state index contributed by atoms with van der Waals surface area (Å²) in [5.41, 5.74) is 0. The molecule has 0 N–H and O–H groups in total. The predicted molar refractivity (Wildman–Crippen MR) is 71.9 cm³/mol. The van der Waals surface area contributed by atoms with Crippen molar-refractivity contribution in [3.63, 3.8) is 0 Å². The van der Waals surface area contributed by atoms with Gasteiger partial charge < -0.3 is 0 Å². The largest absolute Gasteiger partial charge is 0.148 e. The van der Waals surface area contributed by atoms with Crippen molar-refractivity contribution in [2.75, 3.05) is 0 Å². The van der Waals surface area contributed by atoms with Crippen molar-refractivity contribution in [1.29, 1.82) is 0 Å². The van der Waals surface area contributed by atoms with Crippen LogP contribution in [0.25, 0.3) is 0 Å². The quantitative estimate of drug-likeness (QED) is 0.667. The second-order valence-electron chi connectivity index (χ2n) is 4.59. The Morgan fingerprint density at radius 1 is 1.53 bits per heavy atom. The first-order valence-corrected chi connectivity index (χ1v) is 7.63. The van der Waals surface area contributed by atoms with E-state index in [1.807, 2.05) is 11.3 Å². The molecule has 0 aliphatic heterocycles. The van der Waals surface area contributed by atoms with E-state index in [4.69, 9.17) is 11.6 Å². The third-order valence-corrected chi connectivity index (χ3v) is 5.81. The second-order valence-corrected chi connectivity index (χ2v) is 7.01. The summed E-state index contributed by atoms with van der Waals surface area (Å²) >= 11 is 11.8. The molecule has 1 aliphatic carbocycles. The fourth-order valence-corrected chi connectivity index (χ4v) is 4.31. The Hall–Kier alpha value is 0.470. The van der Waals surface area contributed by atoms with Crippen molar-refractivity contribution < 1.29 is 0 Å². The molecule has 1 aliphatic rings. The summed E-state index contributed by atoms with van der Waals surface area (Å²) < 4.78 is 1.26. The molecule has 0 radical (unpaired) electrons. The van der Waals surface area contributed by atoms with E-state index in [2.05, 4.69) is 34.3 Å². The molecule has 84 valence electrons. The first kappa shape index (κ1) is 11.9. The van der Waals surface area contributed by atoms with Gasteiger partial charge in [0.05, 0.1) is 0 Å². The van der Waals surface area contributed by atoms with Crippen LogP contribution in [-0.2, 0) is 6.42 Å². The third kappa shape index (κ3) is 2.98. The zero-order valence-electron chi connectivity index (χ0n) is 8.88. The lowest BCUT2D eigenvalue weighted by atomic mass is 9.80. The number of hydrogen-bond donors (Lipinski definition) is 0. The van der Waals surface area contributed by atoms with Gasteiger partial charge in [0.2, 0.25) is 0 Å². The van der Waals surface area contributed by atoms with Gasteiger partial charge in [-0.3, -0.25) is 0 Å². The van der Waals surface area contributed by atoms with Crippen LogP contribution in [-0.4, -0.2) is 5.38 Å². The summed E-state index contributed by atoms with van der Waals surface area (Å²) in [4.78, 5) is 1.46. The van der Waals surface area contributed by atoms with Crippen LogP contribution in [0.3, 0.4) is 0 Å². The lowest BCUT2D eigenvalue weighted by molar-refractivity contribution is 0.288. The van der Waals surface area contributed by atoms with E-state index < -0.39 is 0 Å². The smallest absolute Gasteiger partial charge is 0.0367 e. The summed E-state index contributed by atoms with van der Waals surface area (Å²) in [6.07, 6.45) is 4.93. The van der Waals surface area contributed by atoms with Crippen LogP contribution in [0.2, 0.25) is 0 Å². The first-order chi connectivity index (χ1) is 7.16. The Morgan fingerprint density at radius 2 is 2.33 bits per heavy atom. The van der Waals surface area contributed by atoms with E-state index >= 15 is 0 Å². The van der Waals surface area contributed by atoms with E-state index in [9.17, 15) is 0 Å². The van der Waals surface area contributed by atoms with Crippen LogP contribution in [0.5, 0.6) is 0 Å². The van der Waals surface area contributed by atoms with E-state index in [1.54, 1.807) is 0 Å². The zero-order valence-corrected chi connectivity index (χ0v) is 12.0. The minimum Gasteiger partial charge on any atom is -0.148 e. The number of halogens is 2. The highest BCUT2D eigenvalue weighted by molar-refractivity contribution is 9.10. The molecule has 0 bridgehead atoms. The monoisotopic (exact) mass is 306 g/mol. The molecule has 2 rings (SSSR count). The Balaban J connectivity index is 2.01. The molecule has 3 heteroatoms. The van der Waals surface area contributed by atoms with Crippen molar-refractivity contribution in [3.05, 3.63) is 20.8 Å². The fraction of sp³-hybridized carbons (Fsp3) is 0.667. The van der Waals surface area contributed by atoms with Crippen LogP contribution < -0.4 is 0 Å². The number of thiophene rings is 1. The average molecular weight is 308 g/mol. The van der Waals surface area contributed by atoms with Crippen LogP contribution in [0, 0.1) is 11.8 Å². The molecular weight excluding hydrogens is 292 g/mol. The molecular formula is C12H16BrClS. The van der Waals surface area contributed by atoms with Gasteiger partial charge in [-0.1, -0.05) is 6.92 Å². The Bertz CT molecular complexity index is 323. The Labute approximate surface area is 109 Å². The number of hydrogen-bond acceptors (Lipinski definition) is 1. The normalized spacial score (nSPS) is 31.8. The van der Waals surface area contributed by atoms with E-state index in [1.165, 1.54) is 28.6 Å². The first-order valence-electron chi connectivity index (χ1n) is 5.52. The van der Waals surface area contributed by atoms with E-state index in [-0.39, 0.29) is 0 Å². The lowest BCUT2D eigenvalue weighted by Gasteiger charge is -2.31. The standard InChI is InChI=1S/C12H16BrClS/c1-8-2-3-11(14)9(6-8)7-12-10(13)4-5-15-12/h4-5,8-9,11H,2-3,6-7H2,1H3. The summed E-state index contributed by atoms with van der Waals surface area (Å²) in [5, 5.41) is 2.53. The predicted octanol–water partition coefficient (Wildman–Crippen LogP) is 5.10. The maximum atomic E-state index is 6.41. The molecule has 0 spiro atoms. The molecule has 1 aromatic heterocycles. The van der Waals surface area contributed by atoms with Crippen molar-refractivity contribution in [2.45, 2.75) is 38.0 Å². The fourth-order valence-electron chi connectivity index (χ4n) is 2.38. The van der Waals surface area contributed by atoms with Gasteiger partial charge in [0.15, 0.2) is 0 Å². The molecule has 0 saturated heterocycles. The van der Waals surface area contributed by atoms with Gasteiger partial charge in [-0.25, -0.2) is 0 Å². The SMILES string of the molecule is CC1CCC(Cl)C(Cc2sccc2Br)C1. The molecule has 0 amide bonds. The van der Waals surface area contributed by atoms with Gasteiger partial charge in [-0.15, -0.1) is 22.9 Å². The van der Waals surface area contributed by atoms with Gasteiger partial charge in [0.25, 0.3) is 0 Å². The van der Waals surface area contributed by atoms with Crippen molar-refractivity contribution in [1.82, 2.24) is 0 Å². The molecule has 3 atom stereocenters. The highest BCUT2D eigenvalue weighted by atomic mass is 79.9. The molecule has 0 aromatic carbocycles. The van der Waals surface area contributed by atoms with Gasteiger partial charge in [0, 0.05) is 14.7 Å². The summed E-state index contributed by atoms with van der Waals surface area (Å²) in [7, 11) is 0. The van der Waals surface area contributed by atoms with Crippen LogP contribution in [0.4, 0.5) is 0 Å². The van der Waals surface area contributed by atoms with Crippen molar-refractivity contribution in [3.8, 4) is 0 Å². The highest BCUT2D eigenvalue weighted by Gasteiger charge is 2.27. The Morgan fingerprint density at radius 3 is 3.00 bits per heavy atom. The minimum atomic E-state index is 0.384. The molecule has 1 aromatic rings. The summed E-state index contributed by atoms with van der Waals surface area (Å²) in [6.45, 7) is 2.35. The molecule has 15 heavy (non-hydrogen) atoms. The summed E-state index contributed by atoms with van der Waals surface area (Å²) in [5.74, 6) is 1.52. The highest BCUT2D eigenvalue weighted by Crippen LogP contribution is 2.37. The molecule has 3 unspecified atom stereocenters. The second kappa shape index (κ2) is 5.20. The van der Waals surface area contributed by atoms with Gasteiger partial charge >= 0.3 is 0 Å². The van der Waals surface area contributed by atoms with E-state index in [0.717, 1.165) is 12.3 Å². The molecule has 1 saturated carbocycles. The molecule has 1 fully saturated rings. The van der Waals surface area contributed by atoms with E-state index in [0.29, 0.717) is 11.3 Å². The van der Waals surface area contributed by atoms with Crippen LogP contribution in [0.15, 0.2) is 15.9 Å². The van der Waals surface area contributed by atoms with Crippen LogP contribution >= 0.6 is 38.9 Å². The van der Waals surface area contributed by atoms with Gasteiger partial charge in [0.1, 0.15) is 0 Å². The molecule has 0 nitrogen and oxygen atoms in total. The third-order valence-electron chi connectivity index (χ3n) is 3.29. The summed E-state index contributed by atoms with van der Waals surface area (Å²) in [6, 6.07) is 2.13. The average Bonchev–Trinajstić information content (AvgIpc) is 2.58. The van der Waals surface area contributed by atoms with Gasteiger partial charge in [-0.2, -0.15) is 0 Å². The van der Waals surface area contributed by atoms with Crippen LogP contribution in [0.1, 0.15) is 31.1 Å². The Kier molecular flexibility index (Phi) is 4.14. The van der Waals surface area contributed by atoms with Gasteiger partial charge in [-0.05, 0) is 64.9 Å². The maximum Gasteiger partial charge on any atom is 0.0367 e. The zero-order chi connectivity index (χ0) is 10.8. The lowest BCUT2D eigenvalue weighted by Crippen LogP contribution is -2.25.